The summed E-state index contributed by atoms with van der Waals surface area (Å²) in [7, 11) is 0. The molecule has 0 fully saturated rings. The normalized spacial score (nSPS) is 10.7. The number of pyridine rings is 1. The van der Waals surface area contributed by atoms with Crippen LogP contribution in [0.15, 0.2) is 53.3 Å². The Balaban J connectivity index is 1.47. The van der Waals surface area contributed by atoms with Gasteiger partial charge in [0.25, 0.3) is 5.56 Å². The van der Waals surface area contributed by atoms with Crippen LogP contribution in [-0.2, 0) is 16.1 Å². The molecule has 2 heterocycles. The third kappa shape index (κ3) is 4.94. The topological polar surface area (TPSA) is 69.9 Å². The molecule has 0 unspecified atom stereocenters. The van der Waals surface area contributed by atoms with Crippen LogP contribution in [0.2, 0.25) is 0 Å². The second-order valence-corrected chi connectivity index (χ2v) is 6.37. The average molecular weight is 366 g/mol. The number of nitrogens with zero attached hydrogens (tertiary/aromatic N) is 2. The quantitative estimate of drug-likeness (QED) is 0.474. The van der Waals surface area contributed by atoms with E-state index >= 15 is 0 Å². The van der Waals surface area contributed by atoms with E-state index in [0.717, 1.165) is 11.4 Å². The average Bonchev–Trinajstić information content (AvgIpc) is 2.65. The van der Waals surface area contributed by atoms with Crippen LogP contribution in [-0.4, -0.2) is 22.0 Å². The predicted octanol–water partition coefficient (Wildman–Crippen LogP) is 3.21. The second-order valence-electron chi connectivity index (χ2n) is 6.37. The van der Waals surface area contributed by atoms with Gasteiger partial charge in [-0.1, -0.05) is 23.8 Å². The van der Waals surface area contributed by atoms with Crippen LogP contribution >= 0.6 is 0 Å². The van der Waals surface area contributed by atoms with Crippen LogP contribution in [0.4, 0.5) is 0 Å². The molecule has 27 heavy (non-hydrogen) atoms. The number of fused-ring (bicyclic) bond motifs is 1. The van der Waals surface area contributed by atoms with Crippen molar-refractivity contribution in [1.82, 2.24) is 9.38 Å². The highest BCUT2D eigenvalue weighted by molar-refractivity contribution is 5.69. The Labute approximate surface area is 157 Å². The number of carbonyl (C=O) groups excluding carboxylic acids is 1. The molecule has 6 heteroatoms. The molecule has 3 aromatic rings. The van der Waals surface area contributed by atoms with Crippen LogP contribution < -0.4 is 10.3 Å². The van der Waals surface area contributed by atoms with Gasteiger partial charge in [0.15, 0.2) is 0 Å². The molecule has 0 aliphatic heterocycles. The van der Waals surface area contributed by atoms with Crippen molar-refractivity contribution in [3.8, 4) is 5.75 Å². The summed E-state index contributed by atoms with van der Waals surface area (Å²) in [6.07, 6.45) is 0.803. The van der Waals surface area contributed by atoms with Crippen LogP contribution in [0.3, 0.4) is 0 Å². The molecule has 1 aromatic carbocycles. The van der Waals surface area contributed by atoms with E-state index in [0.29, 0.717) is 24.4 Å². The van der Waals surface area contributed by atoms with Crippen molar-refractivity contribution in [2.45, 2.75) is 33.3 Å². The van der Waals surface area contributed by atoms with Crippen LogP contribution in [0.25, 0.3) is 5.65 Å². The van der Waals surface area contributed by atoms with Crippen LogP contribution in [0.1, 0.15) is 29.8 Å². The summed E-state index contributed by atoms with van der Waals surface area (Å²) in [4.78, 5) is 28.5. The molecular formula is C21H22N2O4. The molecule has 0 saturated heterocycles. The fourth-order valence-electron chi connectivity index (χ4n) is 2.71. The number of hydrogen-bond donors (Lipinski definition) is 0. The largest absolute Gasteiger partial charge is 0.494 e. The standard InChI is InChI=1S/C21H22N2O4/c1-15-8-10-18(11-9-15)26-12-4-7-21(25)27-14-17-13-20(24)23-16(2)5-3-6-19(23)22-17/h3,5-6,8-11,13H,4,7,12,14H2,1-2H3. The number of benzene rings is 1. The maximum absolute atomic E-state index is 12.2. The molecule has 2 aromatic heterocycles. The lowest BCUT2D eigenvalue weighted by Gasteiger charge is -2.08. The number of carbonyl (C=O) groups is 1. The van der Waals surface area contributed by atoms with Crippen LogP contribution in [0.5, 0.6) is 5.75 Å². The van der Waals surface area contributed by atoms with Crippen molar-refractivity contribution in [2.24, 2.45) is 0 Å². The first-order valence-electron chi connectivity index (χ1n) is 8.86. The van der Waals surface area contributed by atoms with Gasteiger partial charge in [0, 0.05) is 18.2 Å². The maximum atomic E-state index is 12.2. The van der Waals surface area contributed by atoms with Crippen LogP contribution in [0, 0.1) is 13.8 Å². The van der Waals surface area contributed by atoms with E-state index in [-0.39, 0.29) is 24.6 Å². The molecule has 0 saturated carbocycles. The first-order valence-corrected chi connectivity index (χ1v) is 8.86. The Morgan fingerprint density at radius 2 is 1.89 bits per heavy atom. The van der Waals surface area contributed by atoms with Gasteiger partial charge in [-0.25, -0.2) is 4.98 Å². The fourth-order valence-corrected chi connectivity index (χ4v) is 2.71. The first kappa shape index (κ1) is 18.6. The Morgan fingerprint density at radius 1 is 1.11 bits per heavy atom. The van der Waals surface area contributed by atoms with E-state index in [1.165, 1.54) is 16.0 Å². The minimum atomic E-state index is -0.339. The summed E-state index contributed by atoms with van der Waals surface area (Å²) < 4.78 is 12.3. The monoisotopic (exact) mass is 366 g/mol. The molecule has 0 bridgehead atoms. The van der Waals surface area contributed by atoms with E-state index in [9.17, 15) is 9.59 Å². The molecular weight excluding hydrogens is 344 g/mol. The molecule has 0 atom stereocenters. The third-order valence-electron chi connectivity index (χ3n) is 4.13. The highest BCUT2D eigenvalue weighted by Gasteiger charge is 2.08. The highest BCUT2D eigenvalue weighted by atomic mass is 16.5. The zero-order valence-corrected chi connectivity index (χ0v) is 15.5. The second kappa shape index (κ2) is 8.49. The van der Waals surface area contributed by atoms with Gasteiger partial charge in [-0.2, -0.15) is 0 Å². The van der Waals surface area contributed by atoms with E-state index < -0.39 is 0 Å². The highest BCUT2D eigenvalue weighted by Crippen LogP contribution is 2.12. The smallest absolute Gasteiger partial charge is 0.306 e. The van der Waals surface area contributed by atoms with E-state index in [4.69, 9.17) is 9.47 Å². The first-order chi connectivity index (χ1) is 13.0. The Hall–Kier alpha value is -3.15. The lowest BCUT2D eigenvalue weighted by atomic mass is 10.2. The zero-order chi connectivity index (χ0) is 19.2. The molecule has 0 aliphatic carbocycles. The summed E-state index contributed by atoms with van der Waals surface area (Å²) in [6.45, 7) is 4.28. The fraction of sp³-hybridized carbons (Fsp3) is 0.286. The van der Waals surface area contributed by atoms with E-state index in [1.54, 1.807) is 6.07 Å². The van der Waals surface area contributed by atoms with Crippen molar-refractivity contribution >= 4 is 11.6 Å². The molecule has 140 valence electrons. The summed E-state index contributed by atoms with van der Waals surface area (Å²) >= 11 is 0. The predicted molar refractivity (Wildman–Crippen MR) is 102 cm³/mol. The minimum absolute atomic E-state index is 0.0165. The van der Waals surface area contributed by atoms with Crippen molar-refractivity contribution in [3.63, 3.8) is 0 Å². The summed E-state index contributed by atoms with van der Waals surface area (Å²) in [5, 5.41) is 0. The molecule has 0 radical (unpaired) electrons. The van der Waals surface area contributed by atoms with Gasteiger partial charge in [0.05, 0.1) is 12.3 Å². The Bertz CT molecular complexity index is 993. The molecule has 3 rings (SSSR count). The number of esters is 1. The van der Waals surface area contributed by atoms with E-state index in [1.807, 2.05) is 50.2 Å². The van der Waals surface area contributed by atoms with Crippen molar-refractivity contribution in [3.05, 3.63) is 75.8 Å². The number of aromatic nitrogens is 2. The van der Waals surface area contributed by atoms with Gasteiger partial charge in [-0.05, 0) is 44.5 Å². The van der Waals surface area contributed by atoms with Gasteiger partial charge in [0.2, 0.25) is 0 Å². The van der Waals surface area contributed by atoms with Crippen molar-refractivity contribution < 1.29 is 14.3 Å². The van der Waals surface area contributed by atoms with Gasteiger partial charge in [-0.3, -0.25) is 14.0 Å². The Morgan fingerprint density at radius 3 is 2.67 bits per heavy atom. The van der Waals surface area contributed by atoms with Gasteiger partial charge < -0.3 is 9.47 Å². The SMILES string of the molecule is Cc1ccc(OCCCC(=O)OCc2cc(=O)n3c(C)cccc3n2)cc1. The minimum Gasteiger partial charge on any atom is -0.494 e. The Kier molecular flexibility index (Phi) is 5.86. The summed E-state index contributed by atoms with van der Waals surface area (Å²) in [5.74, 6) is 0.443. The molecule has 6 nitrogen and oxygen atoms in total. The van der Waals surface area contributed by atoms with Gasteiger partial charge >= 0.3 is 5.97 Å². The number of hydrogen-bond acceptors (Lipinski definition) is 5. The van der Waals surface area contributed by atoms with E-state index in [2.05, 4.69) is 4.98 Å². The van der Waals surface area contributed by atoms with Crippen molar-refractivity contribution in [2.75, 3.05) is 6.61 Å². The molecule has 0 amide bonds. The lowest BCUT2D eigenvalue weighted by Crippen LogP contribution is -2.18. The third-order valence-corrected chi connectivity index (χ3v) is 4.13. The maximum Gasteiger partial charge on any atom is 0.306 e. The zero-order valence-electron chi connectivity index (χ0n) is 15.5. The summed E-state index contributed by atoms with van der Waals surface area (Å²) in [6, 6.07) is 14.6. The van der Waals surface area contributed by atoms with Gasteiger partial charge in [-0.15, -0.1) is 0 Å². The summed E-state index contributed by atoms with van der Waals surface area (Å²) in [5.41, 5.74) is 2.77. The molecule has 0 aliphatic rings. The van der Waals surface area contributed by atoms with Crippen molar-refractivity contribution in [1.29, 1.82) is 0 Å². The molecule has 0 spiro atoms. The number of ether oxygens (including phenoxy) is 2. The number of aryl methyl sites for hydroxylation is 2. The van der Waals surface area contributed by atoms with Gasteiger partial charge in [0.1, 0.15) is 18.0 Å². The number of rotatable bonds is 7. The lowest BCUT2D eigenvalue weighted by molar-refractivity contribution is -0.145. The molecule has 0 N–H and O–H groups in total.